The summed E-state index contributed by atoms with van der Waals surface area (Å²) in [6.07, 6.45) is 15.8. The second-order valence-corrected chi connectivity index (χ2v) is 9.67. The van der Waals surface area contributed by atoms with Crippen molar-refractivity contribution >= 4 is 24.4 Å². The van der Waals surface area contributed by atoms with Crippen LogP contribution in [-0.2, 0) is 25.6 Å². The van der Waals surface area contributed by atoms with E-state index in [1.165, 1.54) is 52.1 Å². The summed E-state index contributed by atoms with van der Waals surface area (Å²) in [6.45, 7) is 0.0872. The van der Waals surface area contributed by atoms with Crippen LogP contribution in [0.4, 0.5) is 0 Å². The molecule has 0 aromatic heterocycles. The predicted octanol–water partition coefficient (Wildman–Crippen LogP) is 4.83. The van der Waals surface area contributed by atoms with Crippen LogP contribution >= 0.6 is 6.72 Å². The number of unbranched alkanes of at least 4 members (excludes halogenated alkanes) is 11. The van der Waals surface area contributed by atoms with Crippen LogP contribution in [0.1, 0.15) is 96.8 Å². The lowest BCUT2D eigenvalue weighted by molar-refractivity contribution is -0.204. The van der Waals surface area contributed by atoms with Gasteiger partial charge in [-0.15, -0.1) is 0 Å². The molecule has 0 aromatic rings. The minimum absolute atomic E-state index is 0.170. The van der Waals surface area contributed by atoms with Crippen LogP contribution in [-0.4, -0.2) is 26.2 Å². The molecule has 0 saturated carbocycles. The molecule has 5 nitrogen and oxygen atoms in total. The lowest BCUT2D eigenvalue weighted by atomic mass is 10.1. The summed E-state index contributed by atoms with van der Waals surface area (Å²) in [5.41, 5.74) is 0. The summed E-state index contributed by atoms with van der Waals surface area (Å²) < 4.78 is 9.58. The molecule has 0 aliphatic carbocycles. The normalized spacial score (nSPS) is 13.5. The molecule has 0 aromatic carbocycles. The molecule has 1 unspecified atom stereocenters. The molecule has 26 heavy (non-hydrogen) atoms. The fourth-order valence-electron chi connectivity index (χ4n) is 2.72. The second kappa shape index (κ2) is 18.4. The first-order chi connectivity index (χ1) is 12.5. The maximum Gasteiger partial charge on any atom is 0.219 e. The van der Waals surface area contributed by atoms with E-state index in [1.807, 2.05) is 0 Å². The van der Waals surface area contributed by atoms with Crippen molar-refractivity contribution in [2.75, 3.05) is 20.3 Å². The number of rotatable bonds is 19. The van der Waals surface area contributed by atoms with Gasteiger partial charge in [0, 0.05) is 20.1 Å². The highest BCUT2D eigenvalue weighted by Crippen LogP contribution is 2.37. The molecule has 7 heteroatoms. The summed E-state index contributed by atoms with van der Waals surface area (Å²) in [4.78, 5) is 23.1. The number of amides is 1. The van der Waals surface area contributed by atoms with E-state index >= 15 is 0 Å². The SMILES string of the molecule is CCCCCCCCCCCC(=O)NCCCCCCOP([O-])(=S)OC. The molecule has 0 rings (SSSR count). The summed E-state index contributed by atoms with van der Waals surface area (Å²) in [6, 6.07) is 0. The van der Waals surface area contributed by atoms with Crippen LogP contribution in [0.25, 0.3) is 0 Å². The van der Waals surface area contributed by atoms with Gasteiger partial charge in [-0.05, 0) is 19.3 Å². The zero-order chi connectivity index (χ0) is 19.5. The maximum absolute atomic E-state index is 11.7. The number of carbonyl (C=O) groups excluding carboxylic acids is 1. The third-order valence-corrected chi connectivity index (χ3v) is 6.08. The summed E-state index contributed by atoms with van der Waals surface area (Å²) in [7, 11) is 1.30. The van der Waals surface area contributed by atoms with Crippen molar-refractivity contribution in [2.24, 2.45) is 0 Å². The van der Waals surface area contributed by atoms with Crippen LogP contribution in [0.3, 0.4) is 0 Å². The van der Waals surface area contributed by atoms with Crippen LogP contribution in [0.5, 0.6) is 0 Å². The van der Waals surface area contributed by atoms with Crippen LogP contribution < -0.4 is 10.2 Å². The molecule has 0 aliphatic rings. The Bertz CT molecular complexity index is 383. The lowest BCUT2D eigenvalue weighted by Gasteiger charge is -2.24. The van der Waals surface area contributed by atoms with E-state index < -0.39 is 6.72 Å². The Morgan fingerprint density at radius 2 is 1.46 bits per heavy atom. The van der Waals surface area contributed by atoms with E-state index in [0.29, 0.717) is 13.0 Å². The van der Waals surface area contributed by atoms with Crippen molar-refractivity contribution < 1.29 is 18.7 Å². The van der Waals surface area contributed by atoms with Crippen LogP contribution in [0, 0.1) is 0 Å². The predicted molar refractivity (Wildman–Crippen MR) is 111 cm³/mol. The Morgan fingerprint density at radius 1 is 0.923 bits per heavy atom. The quantitative estimate of drug-likeness (QED) is 0.245. The van der Waals surface area contributed by atoms with Crippen molar-refractivity contribution in [1.82, 2.24) is 5.32 Å². The highest BCUT2D eigenvalue weighted by molar-refractivity contribution is 8.06. The molecule has 1 atom stereocenters. The van der Waals surface area contributed by atoms with Gasteiger partial charge in [-0.3, -0.25) is 4.79 Å². The summed E-state index contributed by atoms with van der Waals surface area (Å²) in [5.74, 6) is 0.170. The van der Waals surface area contributed by atoms with E-state index in [0.717, 1.165) is 45.1 Å². The third-order valence-electron chi connectivity index (χ3n) is 4.37. The van der Waals surface area contributed by atoms with E-state index in [9.17, 15) is 9.69 Å². The average molecular weight is 409 g/mol. The van der Waals surface area contributed by atoms with Crippen molar-refractivity contribution in [3.8, 4) is 0 Å². The van der Waals surface area contributed by atoms with Crippen LogP contribution in [0.15, 0.2) is 0 Å². The van der Waals surface area contributed by atoms with E-state index in [-0.39, 0.29) is 5.91 Å². The van der Waals surface area contributed by atoms with Gasteiger partial charge in [-0.25, -0.2) is 0 Å². The summed E-state index contributed by atoms with van der Waals surface area (Å²) in [5, 5.41) is 2.98. The largest absolute Gasteiger partial charge is 0.780 e. The molecule has 0 spiro atoms. The minimum Gasteiger partial charge on any atom is -0.780 e. The molecule has 1 N–H and O–H groups in total. The zero-order valence-corrected chi connectivity index (χ0v) is 18.5. The van der Waals surface area contributed by atoms with E-state index in [2.05, 4.69) is 28.6 Å². The third kappa shape index (κ3) is 18.8. The fraction of sp³-hybridized carbons (Fsp3) is 0.947. The van der Waals surface area contributed by atoms with E-state index in [1.54, 1.807) is 0 Å². The van der Waals surface area contributed by atoms with Gasteiger partial charge >= 0.3 is 0 Å². The smallest absolute Gasteiger partial charge is 0.219 e. The van der Waals surface area contributed by atoms with Crippen LogP contribution in [0.2, 0.25) is 0 Å². The molecule has 0 bridgehead atoms. The first kappa shape index (κ1) is 26.0. The van der Waals surface area contributed by atoms with Gasteiger partial charge in [-0.2, -0.15) is 0 Å². The Hall–Kier alpha value is -0.0000000000000000763. The lowest BCUT2D eigenvalue weighted by Crippen LogP contribution is -2.23. The fourth-order valence-corrected chi connectivity index (χ4v) is 3.40. The highest BCUT2D eigenvalue weighted by atomic mass is 32.5. The molecule has 0 saturated heterocycles. The molecule has 156 valence electrons. The van der Waals surface area contributed by atoms with Gasteiger partial charge in [0.2, 0.25) is 5.91 Å². The number of carbonyl (C=O) groups is 1. The first-order valence-electron chi connectivity index (χ1n) is 10.3. The second-order valence-electron chi connectivity index (χ2n) is 6.81. The zero-order valence-electron chi connectivity index (χ0n) is 16.8. The molecular weight excluding hydrogens is 369 g/mol. The number of nitrogens with one attached hydrogen (secondary N) is 1. The molecule has 0 aliphatic heterocycles. The van der Waals surface area contributed by atoms with Gasteiger partial charge in [0.15, 0.2) is 0 Å². The monoisotopic (exact) mass is 408 g/mol. The number of hydrogen-bond donors (Lipinski definition) is 1. The van der Waals surface area contributed by atoms with Gasteiger partial charge in [0.05, 0.1) is 6.61 Å². The van der Waals surface area contributed by atoms with Crippen molar-refractivity contribution in [2.45, 2.75) is 96.8 Å². The van der Waals surface area contributed by atoms with Crippen molar-refractivity contribution in [3.63, 3.8) is 0 Å². The van der Waals surface area contributed by atoms with E-state index in [4.69, 9.17) is 4.52 Å². The molecule has 0 fully saturated rings. The van der Waals surface area contributed by atoms with Gasteiger partial charge < -0.3 is 19.3 Å². The Balaban J connectivity index is 3.26. The van der Waals surface area contributed by atoms with Crippen molar-refractivity contribution in [1.29, 1.82) is 0 Å². The maximum atomic E-state index is 11.7. The molecule has 0 heterocycles. The Kier molecular flexibility index (Phi) is 18.4. The topological polar surface area (TPSA) is 70.6 Å². The highest BCUT2D eigenvalue weighted by Gasteiger charge is 2.02. The van der Waals surface area contributed by atoms with Gasteiger partial charge in [-0.1, -0.05) is 82.9 Å². The average Bonchev–Trinajstić information content (AvgIpc) is 2.62. The first-order valence-corrected chi connectivity index (χ1v) is 12.9. The standard InChI is InChI=1S/C19H40NO4PS/c1-3-4-5-6-7-8-9-10-13-16-19(21)20-17-14-11-12-15-18-24-25(22,26)23-2/h3-18H2,1-2H3,(H,20,21)(H,22,26)/p-1. The van der Waals surface area contributed by atoms with Crippen molar-refractivity contribution in [3.05, 3.63) is 0 Å². The minimum atomic E-state index is -3.25. The Labute approximate surface area is 165 Å². The summed E-state index contributed by atoms with van der Waals surface area (Å²) >= 11 is 4.64. The molecular formula is C19H39NO4PS-. The number of hydrogen-bond acceptors (Lipinski definition) is 5. The molecule has 1 amide bonds. The Morgan fingerprint density at radius 3 is 2.08 bits per heavy atom. The molecule has 0 radical (unpaired) electrons. The van der Waals surface area contributed by atoms with Gasteiger partial charge in [0.25, 0.3) is 0 Å². The van der Waals surface area contributed by atoms with Gasteiger partial charge in [0.1, 0.15) is 6.72 Å².